The van der Waals surface area contributed by atoms with Gasteiger partial charge in [0.1, 0.15) is 22.8 Å². The second-order valence-corrected chi connectivity index (χ2v) is 5.26. The number of hydrogen-bond acceptors (Lipinski definition) is 6. The van der Waals surface area contributed by atoms with E-state index in [0.29, 0.717) is 22.8 Å². The van der Waals surface area contributed by atoms with Crippen LogP contribution in [0.5, 0.6) is 11.5 Å². The highest BCUT2D eigenvalue weighted by Gasteiger charge is 2.18. The monoisotopic (exact) mass is 340 g/mol. The van der Waals surface area contributed by atoms with Crippen LogP contribution < -0.4 is 9.47 Å². The van der Waals surface area contributed by atoms with E-state index < -0.39 is 5.97 Å². The Morgan fingerprint density at radius 2 is 1.96 bits per heavy atom. The van der Waals surface area contributed by atoms with Crippen LogP contribution in [0.3, 0.4) is 0 Å². The first-order chi connectivity index (χ1) is 12.0. The minimum atomic E-state index is -1.17. The zero-order chi connectivity index (χ0) is 18.0. The summed E-state index contributed by atoms with van der Waals surface area (Å²) in [6, 6.07) is 8.69. The van der Waals surface area contributed by atoms with E-state index in [9.17, 15) is 9.90 Å². The quantitative estimate of drug-likeness (QED) is 0.713. The Kier molecular flexibility index (Phi) is 4.34. The predicted molar refractivity (Wildman–Crippen MR) is 90.6 cm³/mol. The molecule has 1 aromatic carbocycles. The molecule has 3 rings (SSSR count). The minimum absolute atomic E-state index is 0.132. The third-order valence-electron chi connectivity index (χ3n) is 3.60. The summed E-state index contributed by atoms with van der Waals surface area (Å²) in [6.07, 6.45) is 1.71. The number of hydrogen-bond donors (Lipinski definition) is 1. The van der Waals surface area contributed by atoms with E-state index in [1.165, 1.54) is 14.2 Å². The summed E-state index contributed by atoms with van der Waals surface area (Å²) in [5, 5.41) is 17.6. The molecule has 1 N–H and O–H groups in total. The second-order valence-electron chi connectivity index (χ2n) is 5.26. The van der Waals surface area contributed by atoms with Gasteiger partial charge < -0.3 is 14.6 Å². The number of benzene rings is 1. The molecule has 0 aliphatic carbocycles. The van der Waals surface area contributed by atoms with Crippen molar-refractivity contribution in [2.24, 2.45) is 10.2 Å². The topological polar surface area (TPSA) is 97.8 Å². The summed E-state index contributed by atoms with van der Waals surface area (Å²) >= 11 is 0. The van der Waals surface area contributed by atoms with Gasteiger partial charge in [0.15, 0.2) is 11.5 Å². The minimum Gasteiger partial charge on any atom is -0.497 e. The Bertz CT molecular complexity index is 978. The summed E-state index contributed by atoms with van der Waals surface area (Å²) in [5.74, 6) is 0.0355. The number of aromatic nitrogens is 2. The first-order valence-electron chi connectivity index (χ1n) is 7.39. The molecule has 2 heterocycles. The lowest BCUT2D eigenvalue weighted by atomic mass is 10.3. The fourth-order valence-corrected chi connectivity index (χ4v) is 2.35. The van der Waals surface area contributed by atoms with Crippen LogP contribution in [0.1, 0.15) is 16.1 Å². The number of imidazole rings is 1. The number of aryl methyl sites for hydroxylation is 1. The van der Waals surface area contributed by atoms with Crippen molar-refractivity contribution < 1.29 is 19.4 Å². The van der Waals surface area contributed by atoms with Crippen molar-refractivity contribution >= 4 is 23.1 Å². The molecule has 0 bridgehead atoms. The Labute approximate surface area is 143 Å². The van der Waals surface area contributed by atoms with E-state index in [0.717, 1.165) is 5.56 Å². The number of carbonyl (C=O) groups is 1. The fraction of sp³-hybridized carbons (Fsp3) is 0.176. The van der Waals surface area contributed by atoms with E-state index in [1.54, 1.807) is 34.9 Å². The number of carboxylic acids is 1. The first-order valence-corrected chi connectivity index (χ1v) is 7.39. The number of carboxylic acid groups (broad SMARTS) is 1. The zero-order valence-electron chi connectivity index (χ0n) is 13.9. The van der Waals surface area contributed by atoms with Crippen LogP contribution in [0, 0.1) is 6.92 Å². The van der Waals surface area contributed by atoms with E-state index in [-0.39, 0.29) is 11.5 Å². The summed E-state index contributed by atoms with van der Waals surface area (Å²) in [5.41, 5.74) is 1.70. The van der Waals surface area contributed by atoms with Crippen LogP contribution >= 0.6 is 0 Å². The van der Waals surface area contributed by atoms with Gasteiger partial charge in [-0.15, -0.1) is 10.2 Å². The van der Waals surface area contributed by atoms with Crippen molar-refractivity contribution in [1.82, 2.24) is 9.38 Å². The number of nitrogens with zero attached hydrogens (tertiary/aromatic N) is 4. The number of azo groups is 1. The molecule has 8 nitrogen and oxygen atoms in total. The van der Waals surface area contributed by atoms with Crippen molar-refractivity contribution in [2.75, 3.05) is 14.2 Å². The lowest BCUT2D eigenvalue weighted by Crippen LogP contribution is -1.96. The molecule has 0 atom stereocenters. The molecule has 0 fully saturated rings. The van der Waals surface area contributed by atoms with Gasteiger partial charge in [-0.05, 0) is 36.8 Å². The SMILES string of the molecule is COc1ccc(OC)c(N=Nc2c(C(=O)O)nc3cc(C)ccn23)c1. The largest absolute Gasteiger partial charge is 0.497 e. The van der Waals surface area contributed by atoms with Gasteiger partial charge in [-0.1, -0.05) is 0 Å². The normalized spacial score (nSPS) is 11.2. The number of pyridine rings is 1. The van der Waals surface area contributed by atoms with E-state index >= 15 is 0 Å². The molecule has 2 aromatic heterocycles. The molecule has 8 heteroatoms. The van der Waals surface area contributed by atoms with E-state index in [1.807, 2.05) is 13.0 Å². The smallest absolute Gasteiger partial charge is 0.358 e. The van der Waals surface area contributed by atoms with Gasteiger partial charge in [-0.25, -0.2) is 9.78 Å². The highest BCUT2D eigenvalue weighted by Crippen LogP contribution is 2.33. The van der Waals surface area contributed by atoms with Gasteiger partial charge in [0.2, 0.25) is 0 Å². The molecule has 128 valence electrons. The maximum Gasteiger partial charge on any atom is 0.358 e. The van der Waals surface area contributed by atoms with Crippen molar-refractivity contribution in [2.45, 2.75) is 6.92 Å². The van der Waals surface area contributed by atoms with Gasteiger partial charge in [0.25, 0.3) is 0 Å². The van der Waals surface area contributed by atoms with Crippen LogP contribution in [-0.2, 0) is 0 Å². The molecule has 0 saturated heterocycles. The standard InChI is InChI=1S/C17H16N4O4/c1-10-6-7-21-14(8-10)18-15(17(22)23)16(21)20-19-12-9-11(24-2)4-5-13(12)25-3/h4-9H,1-3H3,(H,22,23). The molecule has 0 aliphatic rings. The average molecular weight is 340 g/mol. The van der Waals surface area contributed by atoms with Gasteiger partial charge >= 0.3 is 5.97 Å². The number of ether oxygens (including phenoxy) is 2. The van der Waals surface area contributed by atoms with Gasteiger partial charge in [-0.3, -0.25) is 4.40 Å². The van der Waals surface area contributed by atoms with Crippen molar-refractivity contribution in [3.8, 4) is 11.5 Å². The number of aromatic carboxylic acids is 1. The van der Waals surface area contributed by atoms with Crippen molar-refractivity contribution in [3.63, 3.8) is 0 Å². The van der Waals surface area contributed by atoms with Crippen molar-refractivity contribution in [1.29, 1.82) is 0 Å². The maximum absolute atomic E-state index is 11.5. The Morgan fingerprint density at radius 3 is 2.64 bits per heavy atom. The number of rotatable bonds is 5. The van der Waals surface area contributed by atoms with Gasteiger partial charge in [0.05, 0.1) is 14.2 Å². The second kappa shape index (κ2) is 6.60. The molecular formula is C17H16N4O4. The molecule has 0 unspecified atom stereocenters. The third kappa shape index (κ3) is 3.14. The maximum atomic E-state index is 11.5. The highest BCUT2D eigenvalue weighted by molar-refractivity contribution is 5.91. The van der Waals surface area contributed by atoms with Crippen LogP contribution in [0.4, 0.5) is 11.5 Å². The summed E-state index contributed by atoms with van der Waals surface area (Å²) in [7, 11) is 3.05. The van der Waals surface area contributed by atoms with E-state index in [2.05, 4.69) is 15.2 Å². The zero-order valence-corrected chi connectivity index (χ0v) is 13.9. The summed E-state index contributed by atoms with van der Waals surface area (Å²) < 4.78 is 12.0. The summed E-state index contributed by atoms with van der Waals surface area (Å²) in [4.78, 5) is 15.6. The number of methoxy groups -OCH3 is 2. The molecular weight excluding hydrogens is 324 g/mol. The molecule has 3 aromatic rings. The molecule has 25 heavy (non-hydrogen) atoms. The molecule has 0 aliphatic heterocycles. The van der Waals surface area contributed by atoms with Gasteiger partial charge in [-0.2, -0.15) is 0 Å². The molecule has 0 saturated carbocycles. The Hall–Kier alpha value is -3.42. The Morgan fingerprint density at radius 1 is 1.16 bits per heavy atom. The Balaban J connectivity index is 2.13. The van der Waals surface area contributed by atoms with Crippen molar-refractivity contribution in [3.05, 3.63) is 47.8 Å². The van der Waals surface area contributed by atoms with Crippen LogP contribution in [0.2, 0.25) is 0 Å². The third-order valence-corrected chi connectivity index (χ3v) is 3.60. The molecule has 0 amide bonds. The highest BCUT2D eigenvalue weighted by atomic mass is 16.5. The predicted octanol–water partition coefficient (Wildman–Crippen LogP) is 3.77. The summed E-state index contributed by atoms with van der Waals surface area (Å²) in [6.45, 7) is 1.90. The van der Waals surface area contributed by atoms with Crippen LogP contribution in [-0.4, -0.2) is 34.7 Å². The first kappa shape index (κ1) is 16.4. The molecule has 0 radical (unpaired) electrons. The average Bonchev–Trinajstić information content (AvgIpc) is 2.97. The van der Waals surface area contributed by atoms with Gasteiger partial charge in [0, 0.05) is 12.3 Å². The number of fused-ring (bicyclic) bond motifs is 1. The molecule has 0 spiro atoms. The lowest BCUT2D eigenvalue weighted by Gasteiger charge is -2.05. The van der Waals surface area contributed by atoms with Crippen LogP contribution in [0.15, 0.2) is 46.8 Å². The van der Waals surface area contributed by atoms with Crippen LogP contribution in [0.25, 0.3) is 5.65 Å². The lowest BCUT2D eigenvalue weighted by molar-refractivity contribution is 0.0692. The van der Waals surface area contributed by atoms with E-state index in [4.69, 9.17) is 9.47 Å². The fourth-order valence-electron chi connectivity index (χ4n) is 2.35.